The van der Waals surface area contributed by atoms with Gasteiger partial charge >= 0.3 is 5.69 Å². The molecule has 0 saturated heterocycles. The number of nitro groups is 1. The Kier molecular flexibility index (Phi) is 5.01. The summed E-state index contributed by atoms with van der Waals surface area (Å²) < 4.78 is 5.53. The minimum Gasteiger partial charge on any atom is -0.484 e. The van der Waals surface area contributed by atoms with E-state index >= 15 is 0 Å². The molecular weight excluding hydrogens is 270 g/mol. The van der Waals surface area contributed by atoms with Crippen molar-refractivity contribution < 1.29 is 9.66 Å². The lowest BCUT2D eigenvalue weighted by molar-refractivity contribution is -0.385. The van der Waals surface area contributed by atoms with E-state index in [1.165, 1.54) is 12.8 Å². The number of anilines is 1. The van der Waals surface area contributed by atoms with Gasteiger partial charge in [0, 0.05) is 19.1 Å². The molecule has 1 aromatic rings. The first-order valence-corrected chi connectivity index (χ1v) is 7.37. The fraction of sp³-hybridized carbons (Fsp3) is 0.600. The maximum absolute atomic E-state index is 11.3. The third-order valence-corrected chi connectivity index (χ3v) is 3.49. The Morgan fingerprint density at radius 1 is 1.48 bits per heavy atom. The van der Waals surface area contributed by atoms with E-state index in [-0.39, 0.29) is 16.7 Å². The van der Waals surface area contributed by atoms with Gasteiger partial charge in [-0.3, -0.25) is 10.1 Å². The summed E-state index contributed by atoms with van der Waals surface area (Å²) in [7, 11) is 2.09. The molecule has 1 fully saturated rings. The molecule has 6 heteroatoms. The Morgan fingerprint density at radius 3 is 2.76 bits per heavy atom. The van der Waals surface area contributed by atoms with E-state index in [1.807, 2.05) is 13.8 Å². The van der Waals surface area contributed by atoms with E-state index in [0.29, 0.717) is 24.0 Å². The van der Waals surface area contributed by atoms with Gasteiger partial charge in [0.05, 0.1) is 11.0 Å². The van der Waals surface area contributed by atoms with Crippen molar-refractivity contribution in [3.05, 3.63) is 28.3 Å². The van der Waals surface area contributed by atoms with Crippen LogP contribution < -0.4 is 10.1 Å². The van der Waals surface area contributed by atoms with Crippen LogP contribution in [0, 0.1) is 10.1 Å². The summed E-state index contributed by atoms with van der Waals surface area (Å²) in [5.74, 6) is 0.315. The van der Waals surface area contributed by atoms with Crippen LogP contribution in [0.1, 0.15) is 26.7 Å². The largest absolute Gasteiger partial charge is 0.484 e. The second-order valence-electron chi connectivity index (χ2n) is 5.71. The number of para-hydroxylation sites is 1. The molecule has 0 aliphatic heterocycles. The van der Waals surface area contributed by atoms with Crippen LogP contribution in [0.5, 0.6) is 5.75 Å². The average Bonchev–Trinajstić information content (AvgIpc) is 3.21. The van der Waals surface area contributed by atoms with E-state index in [2.05, 4.69) is 17.3 Å². The van der Waals surface area contributed by atoms with Gasteiger partial charge in [0.2, 0.25) is 0 Å². The number of nitrogens with one attached hydrogen (secondary N) is 1. The summed E-state index contributed by atoms with van der Waals surface area (Å²) >= 11 is 0. The van der Waals surface area contributed by atoms with Crippen molar-refractivity contribution >= 4 is 11.4 Å². The van der Waals surface area contributed by atoms with Gasteiger partial charge in [-0.15, -0.1) is 0 Å². The lowest BCUT2D eigenvalue weighted by Gasteiger charge is -2.17. The Hall–Kier alpha value is -1.82. The van der Waals surface area contributed by atoms with Crippen LogP contribution >= 0.6 is 0 Å². The summed E-state index contributed by atoms with van der Waals surface area (Å²) in [6.07, 6.45) is 2.42. The summed E-state index contributed by atoms with van der Waals surface area (Å²) in [4.78, 5) is 13.2. The zero-order valence-electron chi connectivity index (χ0n) is 12.8. The first kappa shape index (κ1) is 15.6. The lowest BCUT2D eigenvalue weighted by atomic mass is 10.2. The topological polar surface area (TPSA) is 67.6 Å². The maximum atomic E-state index is 11.3. The van der Waals surface area contributed by atoms with Crippen LogP contribution in [-0.4, -0.2) is 42.1 Å². The number of hydrogen-bond acceptors (Lipinski definition) is 5. The molecule has 1 N–H and O–H groups in total. The molecule has 1 aliphatic rings. The molecule has 2 rings (SSSR count). The predicted octanol–water partition coefficient (Wildman–Crippen LogP) is 2.89. The van der Waals surface area contributed by atoms with Crippen molar-refractivity contribution in [3.8, 4) is 5.75 Å². The standard InChI is InChI=1S/C15H23N3O3/c1-11(2)21-14-6-4-5-13(15(14)18(19)20)16-9-10-17(3)12-7-8-12/h4-6,11-12,16H,7-10H2,1-3H3. The monoisotopic (exact) mass is 293 g/mol. The van der Waals surface area contributed by atoms with Crippen LogP contribution in [0.25, 0.3) is 0 Å². The number of likely N-dealkylation sites (N-methyl/N-ethyl adjacent to an activating group) is 1. The number of benzene rings is 1. The van der Waals surface area contributed by atoms with Gasteiger partial charge in [0.1, 0.15) is 5.69 Å². The number of ether oxygens (including phenoxy) is 1. The number of nitrogens with zero attached hydrogens (tertiary/aromatic N) is 2. The molecule has 1 aliphatic carbocycles. The molecule has 116 valence electrons. The van der Waals surface area contributed by atoms with Crippen molar-refractivity contribution in [2.45, 2.75) is 38.8 Å². The first-order chi connectivity index (χ1) is 9.99. The quantitative estimate of drug-likeness (QED) is 0.589. The minimum absolute atomic E-state index is 0.0141. The number of nitro benzene ring substituents is 1. The van der Waals surface area contributed by atoms with Crippen LogP contribution in [0.4, 0.5) is 11.4 Å². The molecule has 1 aromatic carbocycles. The Balaban J connectivity index is 2.04. The number of hydrogen-bond donors (Lipinski definition) is 1. The molecule has 0 bridgehead atoms. The summed E-state index contributed by atoms with van der Waals surface area (Å²) in [5.41, 5.74) is 0.530. The van der Waals surface area contributed by atoms with E-state index in [4.69, 9.17) is 4.74 Å². The molecule has 1 saturated carbocycles. The summed E-state index contributed by atoms with van der Waals surface area (Å²) in [5, 5.41) is 14.5. The highest BCUT2D eigenvalue weighted by Crippen LogP contribution is 2.35. The second kappa shape index (κ2) is 6.76. The molecule has 0 heterocycles. The fourth-order valence-electron chi connectivity index (χ4n) is 2.27. The van der Waals surface area contributed by atoms with E-state index in [1.54, 1.807) is 18.2 Å². The molecule has 0 aromatic heterocycles. The van der Waals surface area contributed by atoms with Crippen LogP contribution in [0.3, 0.4) is 0 Å². The summed E-state index contributed by atoms with van der Waals surface area (Å²) in [6, 6.07) is 5.83. The lowest BCUT2D eigenvalue weighted by Crippen LogP contribution is -2.27. The SMILES string of the molecule is CC(C)Oc1cccc(NCCN(C)C2CC2)c1[N+](=O)[O-]. The van der Waals surface area contributed by atoms with Crippen molar-refractivity contribution in [1.29, 1.82) is 0 Å². The van der Waals surface area contributed by atoms with Crippen LogP contribution in [0.2, 0.25) is 0 Å². The smallest absolute Gasteiger partial charge is 0.333 e. The van der Waals surface area contributed by atoms with Crippen LogP contribution in [0.15, 0.2) is 18.2 Å². The highest BCUT2D eigenvalue weighted by atomic mass is 16.6. The highest BCUT2D eigenvalue weighted by Gasteiger charge is 2.26. The third-order valence-electron chi connectivity index (χ3n) is 3.49. The predicted molar refractivity (Wildman–Crippen MR) is 83.0 cm³/mol. The number of rotatable bonds is 8. The van der Waals surface area contributed by atoms with Gasteiger partial charge in [0.15, 0.2) is 5.75 Å². The van der Waals surface area contributed by atoms with Crippen molar-refractivity contribution in [2.24, 2.45) is 0 Å². The van der Waals surface area contributed by atoms with Gasteiger partial charge in [-0.05, 0) is 45.9 Å². The minimum atomic E-state index is -0.384. The molecule has 6 nitrogen and oxygen atoms in total. The molecule has 0 radical (unpaired) electrons. The van der Waals surface area contributed by atoms with Crippen molar-refractivity contribution in [3.63, 3.8) is 0 Å². The zero-order valence-corrected chi connectivity index (χ0v) is 12.8. The third kappa shape index (κ3) is 4.32. The summed E-state index contributed by atoms with van der Waals surface area (Å²) in [6.45, 7) is 5.26. The van der Waals surface area contributed by atoms with Crippen molar-refractivity contribution in [2.75, 3.05) is 25.5 Å². The molecule has 0 amide bonds. The van der Waals surface area contributed by atoms with E-state index in [9.17, 15) is 10.1 Å². The van der Waals surface area contributed by atoms with Crippen LogP contribution in [-0.2, 0) is 0 Å². The Morgan fingerprint density at radius 2 is 2.19 bits per heavy atom. The van der Waals surface area contributed by atoms with Gasteiger partial charge in [0.25, 0.3) is 0 Å². The average molecular weight is 293 g/mol. The van der Waals surface area contributed by atoms with E-state index in [0.717, 1.165) is 6.54 Å². The molecule has 0 spiro atoms. The Bertz CT molecular complexity index is 501. The van der Waals surface area contributed by atoms with Gasteiger partial charge in [-0.1, -0.05) is 6.07 Å². The van der Waals surface area contributed by atoms with Crippen molar-refractivity contribution in [1.82, 2.24) is 4.90 Å². The molecular formula is C15H23N3O3. The zero-order chi connectivity index (χ0) is 15.4. The highest BCUT2D eigenvalue weighted by molar-refractivity contribution is 5.68. The molecule has 0 atom stereocenters. The molecule has 21 heavy (non-hydrogen) atoms. The van der Waals surface area contributed by atoms with Gasteiger partial charge in [-0.25, -0.2) is 0 Å². The Labute approximate surface area is 125 Å². The normalized spacial score (nSPS) is 14.5. The fourth-order valence-corrected chi connectivity index (χ4v) is 2.27. The molecule has 0 unspecified atom stereocenters. The van der Waals surface area contributed by atoms with E-state index < -0.39 is 0 Å². The first-order valence-electron chi connectivity index (χ1n) is 7.37. The van der Waals surface area contributed by atoms with Gasteiger partial charge < -0.3 is 15.0 Å². The van der Waals surface area contributed by atoms with Gasteiger partial charge in [-0.2, -0.15) is 0 Å². The second-order valence-corrected chi connectivity index (χ2v) is 5.71. The maximum Gasteiger partial charge on any atom is 0.333 e.